The molecule has 270 valence electrons. The van der Waals surface area contributed by atoms with E-state index in [9.17, 15) is 24.6 Å². The molecule has 0 radical (unpaired) electrons. The van der Waals surface area contributed by atoms with E-state index in [1.807, 2.05) is 24.3 Å². The van der Waals surface area contributed by atoms with Crippen molar-refractivity contribution in [1.29, 1.82) is 0 Å². The van der Waals surface area contributed by atoms with Gasteiger partial charge >= 0.3 is 6.09 Å². The normalized spacial score (nSPS) is 15.0. The SMILES string of the molecule is O=C(COCC(=O)N1CCC(CO)(CO)CC1)NCCCOCCOCCOCCCNC(=O)OCC1c2ccccc2-c2ccccc21. The van der Waals surface area contributed by atoms with Crippen LogP contribution >= 0.6 is 0 Å². The number of nitrogens with zero attached hydrogens (tertiary/aromatic N) is 1. The van der Waals surface area contributed by atoms with Gasteiger partial charge < -0.3 is 49.4 Å². The predicted molar refractivity (Wildman–Crippen MR) is 181 cm³/mol. The van der Waals surface area contributed by atoms with Crippen molar-refractivity contribution in [2.75, 3.05) is 98.9 Å². The van der Waals surface area contributed by atoms with Crippen LogP contribution in [-0.4, -0.2) is 132 Å². The molecule has 1 aliphatic heterocycles. The van der Waals surface area contributed by atoms with Crippen LogP contribution in [-0.2, 0) is 33.3 Å². The van der Waals surface area contributed by atoms with Crippen LogP contribution in [0.5, 0.6) is 0 Å². The van der Waals surface area contributed by atoms with E-state index in [1.54, 1.807) is 4.90 Å². The summed E-state index contributed by atoms with van der Waals surface area (Å²) in [7, 11) is 0. The molecule has 49 heavy (non-hydrogen) atoms. The lowest BCUT2D eigenvalue weighted by molar-refractivity contribution is -0.141. The second kappa shape index (κ2) is 20.8. The Balaban J connectivity index is 0.889. The maximum Gasteiger partial charge on any atom is 0.407 e. The number of likely N-dealkylation sites (tertiary alicyclic amines) is 1. The fraction of sp³-hybridized carbons (Fsp3) is 0.583. The molecular weight excluding hydrogens is 634 g/mol. The Morgan fingerprint density at radius 1 is 0.714 bits per heavy atom. The molecule has 0 spiro atoms. The largest absolute Gasteiger partial charge is 0.449 e. The maximum absolute atomic E-state index is 12.3. The van der Waals surface area contributed by atoms with E-state index in [0.29, 0.717) is 91.5 Å². The Morgan fingerprint density at radius 3 is 1.82 bits per heavy atom. The average Bonchev–Trinajstić information content (AvgIpc) is 3.45. The van der Waals surface area contributed by atoms with Gasteiger partial charge in [0.05, 0.1) is 39.6 Å². The minimum Gasteiger partial charge on any atom is -0.449 e. The van der Waals surface area contributed by atoms with E-state index < -0.39 is 11.5 Å². The maximum atomic E-state index is 12.3. The standard InChI is InChI=1S/C36H51N3O10/c40-26-36(27-41)11-15-39(16-12-36)34(43)25-48-24-33(42)37-13-5-17-45-19-21-47-22-20-46-18-6-14-38-35(44)49-23-32-30-9-3-1-7-28(30)29-8-2-4-10-31(29)32/h1-4,7-10,32,40-41H,5-6,11-27H2,(H,37,42)(H,38,44). The zero-order chi connectivity index (χ0) is 34.7. The summed E-state index contributed by atoms with van der Waals surface area (Å²) in [6.45, 7) is 4.16. The smallest absolute Gasteiger partial charge is 0.407 e. The van der Waals surface area contributed by atoms with Gasteiger partial charge in [0.25, 0.3) is 0 Å². The zero-order valence-electron chi connectivity index (χ0n) is 28.2. The van der Waals surface area contributed by atoms with Gasteiger partial charge in [0, 0.05) is 50.7 Å². The number of ether oxygens (including phenoxy) is 5. The Kier molecular flexibility index (Phi) is 16.2. The number of carbonyl (C=O) groups is 3. The highest BCUT2D eigenvalue weighted by Gasteiger charge is 2.35. The lowest BCUT2D eigenvalue weighted by atomic mass is 9.80. The highest BCUT2D eigenvalue weighted by molar-refractivity contribution is 5.80. The number of rotatable bonds is 22. The summed E-state index contributed by atoms with van der Waals surface area (Å²) >= 11 is 0. The van der Waals surface area contributed by atoms with Crippen molar-refractivity contribution in [3.63, 3.8) is 0 Å². The first-order valence-corrected chi connectivity index (χ1v) is 17.1. The molecule has 2 aromatic rings. The first kappa shape index (κ1) is 38.2. The average molecular weight is 686 g/mol. The summed E-state index contributed by atoms with van der Waals surface area (Å²) in [5, 5.41) is 24.5. The molecule has 1 saturated heterocycles. The first-order chi connectivity index (χ1) is 24.0. The summed E-state index contributed by atoms with van der Waals surface area (Å²) in [6, 6.07) is 16.5. The van der Waals surface area contributed by atoms with E-state index >= 15 is 0 Å². The van der Waals surface area contributed by atoms with E-state index in [4.69, 9.17) is 23.7 Å². The molecule has 2 aliphatic rings. The molecule has 1 fully saturated rings. The fourth-order valence-corrected chi connectivity index (χ4v) is 5.93. The molecule has 0 atom stereocenters. The van der Waals surface area contributed by atoms with Crippen molar-refractivity contribution >= 4 is 17.9 Å². The monoisotopic (exact) mass is 685 g/mol. The molecule has 13 heteroatoms. The fourth-order valence-electron chi connectivity index (χ4n) is 5.93. The van der Waals surface area contributed by atoms with Crippen LogP contribution in [0.15, 0.2) is 48.5 Å². The third-order valence-corrected chi connectivity index (χ3v) is 8.92. The minimum absolute atomic E-state index is 0.0348. The minimum atomic E-state index is -0.525. The number of piperidine rings is 1. The third kappa shape index (κ3) is 12.1. The number of hydrogen-bond acceptors (Lipinski definition) is 10. The highest BCUT2D eigenvalue weighted by Crippen LogP contribution is 2.44. The molecule has 2 aromatic carbocycles. The summed E-state index contributed by atoms with van der Waals surface area (Å²) in [5.41, 5.74) is 4.23. The van der Waals surface area contributed by atoms with Gasteiger partial charge in [0.2, 0.25) is 11.8 Å². The van der Waals surface area contributed by atoms with E-state index in [2.05, 4.69) is 34.9 Å². The van der Waals surface area contributed by atoms with Crippen molar-refractivity contribution < 1.29 is 48.3 Å². The van der Waals surface area contributed by atoms with Gasteiger partial charge in [-0.1, -0.05) is 48.5 Å². The van der Waals surface area contributed by atoms with E-state index in [-0.39, 0.29) is 50.8 Å². The molecular formula is C36H51N3O10. The number of fused-ring (bicyclic) bond motifs is 3. The van der Waals surface area contributed by atoms with Gasteiger partial charge in [-0.3, -0.25) is 9.59 Å². The second-order valence-electron chi connectivity index (χ2n) is 12.3. The molecule has 4 rings (SSSR count). The lowest BCUT2D eigenvalue weighted by Gasteiger charge is -2.39. The molecule has 0 saturated carbocycles. The predicted octanol–water partition coefficient (Wildman–Crippen LogP) is 2.08. The Hall–Kier alpha value is -3.59. The molecule has 0 unspecified atom stereocenters. The van der Waals surface area contributed by atoms with Gasteiger partial charge in [0.15, 0.2) is 0 Å². The van der Waals surface area contributed by atoms with Crippen molar-refractivity contribution in [3.8, 4) is 11.1 Å². The summed E-state index contributed by atoms with van der Waals surface area (Å²) in [4.78, 5) is 38.1. The van der Waals surface area contributed by atoms with Crippen molar-refractivity contribution in [1.82, 2.24) is 15.5 Å². The van der Waals surface area contributed by atoms with Gasteiger partial charge in [-0.05, 0) is 47.9 Å². The van der Waals surface area contributed by atoms with Crippen LogP contribution in [0.2, 0.25) is 0 Å². The number of carbonyl (C=O) groups excluding carboxylic acids is 3. The summed E-state index contributed by atoms with van der Waals surface area (Å²) in [5.74, 6) is -0.477. The number of aliphatic hydroxyl groups excluding tert-OH is 2. The lowest BCUT2D eigenvalue weighted by Crippen LogP contribution is -2.47. The van der Waals surface area contributed by atoms with Crippen LogP contribution in [0, 0.1) is 5.41 Å². The van der Waals surface area contributed by atoms with Crippen LogP contribution in [0.3, 0.4) is 0 Å². The number of amides is 3. The number of benzene rings is 2. The number of alkyl carbamates (subject to hydrolysis) is 1. The molecule has 0 bridgehead atoms. The molecule has 1 aliphatic carbocycles. The van der Waals surface area contributed by atoms with Gasteiger partial charge in [0.1, 0.15) is 19.8 Å². The Labute approximate surface area is 288 Å². The summed E-state index contributed by atoms with van der Waals surface area (Å²) < 4.78 is 27.4. The van der Waals surface area contributed by atoms with Gasteiger partial charge in [-0.25, -0.2) is 4.79 Å². The topological polar surface area (TPSA) is 165 Å². The van der Waals surface area contributed by atoms with Crippen LogP contribution in [0.1, 0.15) is 42.7 Å². The molecule has 0 aromatic heterocycles. The second-order valence-corrected chi connectivity index (χ2v) is 12.3. The van der Waals surface area contributed by atoms with Crippen LogP contribution in [0.25, 0.3) is 11.1 Å². The Morgan fingerprint density at radius 2 is 1.24 bits per heavy atom. The van der Waals surface area contributed by atoms with Gasteiger partial charge in [-0.15, -0.1) is 0 Å². The van der Waals surface area contributed by atoms with E-state index in [0.717, 1.165) is 0 Å². The van der Waals surface area contributed by atoms with E-state index in [1.165, 1.54) is 22.3 Å². The molecule has 4 N–H and O–H groups in total. The van der Waals surface area contributed by atoms with Crippen LogP contribution in [0.4, 0.5) is 4.79 Å². The van der Waals surface area contributed by atoms with Crippen molar-refractivity contribution in [2.24, 2.45) is 5.41 Å². The first-order valence-electron chi connectivity index (χ1n) is 17.1. The number of nitrogens with one attached hydrogen (secondary N) is 2. The number of hydrogen-bond donors (Lipinski definition) is 4. The molecule has 13 nitrogen and oxygen atoms in total. The highest BCUT2D eigenvalue weighted by atomic mass is 16.6. The third-order valence-electron chi connectivity index (χ3n) is 8.92. The van der Waals surface area contributed by atoms with Crippen molar-refractivity contribution in [2.45, 2.75) is 31.6 Å². The molecule has 3 amide bonds. The number of aliphatic hydroxyl groups is 2. The quantitative estimate of drug-likeness (QED) is 0.135. The van der Waals surface area contributed by atoms with Crippen LogP contribution < -0.4 is 10.6 Å². The van der Waals surface area contributed by atoms with Gasteiger partial charge in [-0.2, -0.15) is 0 Å². The summed E-state index contributed by atoms with van der Waals surface area (Å²) in [6.07, 6.45) is 1.91. The molecule has 1 heterocycles. The van der Waals surface area contributed by atoms with Crippen molar-refractivity contribution in [3.05, 3.63) is 59.7 Å². The Bertz CT molecular complexity index is 1270. The zero-order valence-corrected chi connectivity index (χ0v) is 28.2.